The van der Waals surface area contributed by atoms with Gasteiger partial charge in [-0.3, -0.25) is 0 Å². The molecule has 0 aliphatic carbocycles. The fraction of sp³-hybridized carbons (Fsp3) is 0.667. The topological polar surface area (TPSA) is 84.5 Å². The molecule has 0 amide bonds. The van der Waals surface area contributed by atoms with Gasteiger partial charge in [0.25, 0.3) is 0 Å². The van der Waals surface area contributed by atoms with Crippen LogP contribution in [0.2, 0.25) is 0 Å². The lowest BCUT2D eigenvalue weighted by atomic mass is 10.1. The zero-order valence-corrected chi connectivity index (χ0v) is 12.5. The molecule has 0 spiro atoms. The Labute approximate surface area is 117 Å². The molecule has 1 saturated heterocycles. The van der Waals surface area contributed by atoms with Crippen LogP contribution in [0.15, 0.2) is 25.6 Å². The first-order chi connectivity index (χ1) is 9.33. The van der Waals surface area contributed by atoms with Crippen LogP contribution < -0.4 is 0 Å². The largest absolute Gasteiger partial charge is 0.465 e. The first kappa shape index (κ1) is 13.7. The average Bonchev–Trinajstić information content (AvgIpc) is 3.06. The third kappa shape index (κ3) is 2.17. The van der Waals surface area contributed by atoms with Gasteiger partial charge in [0.2, 0.25) is 15.7 Å². The molecule has 7 nitrogen and oxygen atoms in total. The number of aryl methyl sites for hydroxylation is 2. The summed E-state index contributed by atoms with van der Waals surface area (Å²) in [4.78, 5) is 0.227. The molecule has 1 aromatic heterocycles. The van der Waals surface area contributed by atoms with E-state index >= 15 is 0 Å². The molecule has 0 aromatic carbocycles. The number of ether oxygens (including phenoxy) is 1. The summed E-state index contributed by atoms with van der Waals surface area (Å²) < 4.78 is 37.7. The highest BCUT2D eigenvalue weighted by molar-refractivity contribution is 7.89. The van der Waals surface area contributed by atoms with Crippen LogP contribution >= 0.6 is 0 Å². The van der Waals surface area contributed by atoms with Crippen molar-refractivity contribution in [2.24, 2.45) is 10.2 Å². The molecular formula is C12H17N3O4S. The Morgan fingerprint density at radius 2 is 2.10 bits per heavy atom. The SMILES string of the molecule is Cc1cc(S(=O)(=O)N2CCOC(C3(C)N=N3)C2)c(C)o1. The first-order valence-corrected chi connectivity index (χ1v) is 7.90. The lowest BCUT2D eigenvalue weighted by Crippen LogP contribution is -2.50. The van der Waals surface area contributed by atoms with Gasteiger partial charge in [0.15, 0.2) is 0 Å². The maximum Gasteiger partial charge on any atom is 0.246 e. The molecule has 110 valence electrons. The Balaban J connectivity index is 1.86. The van der Waals surface area contributed by atoms with Crippen LogP contribution in [-0.4, -0.2) is 44.2 Å². The maximum absolute atomic E-state index is 12.7. The molecule has 1 fully saturated rings. The summed E-state index contributed by atoms with van der Waals surface area (Å²) in [6.07, 6.45) is -0.320. The van der Waals surface area contributed by atoms with Crippen molar-refractivity contribution in [1.29, 1.82) is 0 Å². The summed E-state index contributed by atoms with van der Waals surface area (Å²) in [7, 11) is -3.56. The van der Waals surface area contributed by atoms with Crippen LogP contribution in [0.5, 0.6) is 0 Å². The third-order valence-corrected chi connectivity index (χ3v) is 5.64. The molecule has 20 heavy (non-hydrogen) atoms. The van der Waals surface area contributed by atoms with E-state index in [2.05, 4.69) is 10.2 Å². The number of hydrogen-bond donors (Lipinski definition) is 0. The van der Waals surface area contributed by atoms with Gasteiger partial charge in [-0.1, -0.05) is 0 Å². The number of nitrogens with zero attached hydrogens (tertiary/aromatic N) is 3. The van der Waals surface area contributed by atoms with E-state index in [9.17, 15) is 8.42 Å². The Morgan fingerprint density at radius 3 is 2.65 bits per heavy atom. The summed E-state index contributed by atoms with van der Waals surface area (Å²) in [6, 6.07) is 1.56. The summed E-state index contributed by atoms with van der Waals surface area (Å²) in [5, 5.41) is 7.86. The number of furan rings is 1. The van der Waals surface area contributed by atoms with E-state index in [1.807, 2.05) is 6.92 Å². The van der Waals surface area contributed by atoms with Crippen molar-refractivity contribution in [1.82, 2.24) is 4.31 Å². The lowest BCUT2D eigenvalue weighted by molar-refractivity contribution is -0.0225. The number of sulfonamides is 1. The van der Waals surface area contributed by atoms with Crippen LogP contribution in [0, 0.1) is 13.8 Å². The molecule has 2 aliphatic rings. The van der Waals surface area contributed by atoms with Gasteiger partial charge >= 0.3 is 0 Å². The molecule has 3 heterocycles. The van der Waals surface area contributed by atoms with Gasteiger partial charge in [0.05, 0.1) is 6.61 Å². The minimum Gasteiger partial charge on any atom is -0.465 e. The van der Waals surface area contributed by atoms with Crippen LogP contribution in [0.25, 0.3) is 0 Å². The Morgan fingerprint density at radius 1 is 1.40 bits per heavy atom. The van der Waals surface area contributed by atoms with Gasteiger partial charge in [-0.2, -0.15) is 14.5 Å². The van der Waals surface area contributed by atoms with Crippen molar-refractivity contribution in [3.63, 3.8) is 0 Å². The monoisotopic (exact) mass is 299 g/mol. The van der Waals surface area contributed by atoms with E-state index in [-0.39, 0.29) is 17.5 Å². The van der Waals surface area contributed by atoms with Crippen LogP contribution in [0.4, 0.5) is 0 Å². The highest BCUT2D eigenvalue weighted by Gasteiger charge is 2.48. The maximum atomic E-state index is 12.7. The average molecular weight is 299 g/mol. The van der Waals surface area contributed by atoms with Crippen molar-refractivity contribution in [2.45, 2.75) is 37.4 Å². The second-order valence-electron chi connectivity index (χ2n) is 5.29. The Hall–Kier alpha value is -1.25. The summed E-state index contributed by atoms with van der Waals surface area (Å²) in [5.41, 5.74) is -0.588. The van der Waals surface area contributed by atoms with Gasteiger partial charge in [-0.05, 0) is 26.8 Å². The van der Waals surface area contributed by atoms with Crippen molar-refractivity contribution < 1.29 is 17.6 Å². The van der Waals surface area contributed by atoms with E-state index in [0.29, 0.717) is 24.7 Å². The Kier molecular flexibility index (Phi) is 3.00. The normalized spacial score (nSPS) is 25.9. The van der Waals surface area contributed by atoms with Gasteiger partial charge in [-0.25, -0.2) is 8.42 Å². The van der Waals surface area contributed by atoms with Crippen molar-refractivity contribution in [3.8, 4) is 0 Å². The van der Waals surface area contributed by atoms with E-state index < -0.39 is 15.7 Å². The molecule has 1 aromatic rings. The zero-order chi connectivity index (χ0) is 14.5. The van der Waals surface area contributed by atoms with Crippen molar-refractivity contribution in [3.05, 3.63) is 17.6 Å². The minimum absolute atomic E-state index is 0.227. The zero-order valence-electron chi connectivity index (χ0n) is 11.7. The van der Waals surface area contributed by atoms with Gasteiger partial charge in [0, 0.05) is 13.1 Å². The van der Waals surface area contributed by atoms with Crippen LogP contribution in [0.3, 0.4) is 0 Å². The summed E-state index contributed by atoms with van der Waals surface area (Å²) >= 11 is 0. The number of morpholine rings is 1. The van der Waals surface area contributed by atoms with Crippen molar-refractivity contribution >= 4 is 10.0 Å². The lowest BCUT2D eigenvalue weighted by Gasteiger charge is -2.33. The quantitative estimate of drug-likeness (QED) is 0.846. The minimum atomic E-state index is -3.56. The second-order valence-corrected chi connectivity index (χ2v) is 7.20. The third-order valence-electron chi connectivity index (χ3n) is 3.67. The smallest absolute Gasteiger partial charge is 0.246 e. The molecular weight excluding hydrogens is 282 g/mol. The van der Waals surface area contributed by atoms with E-state index in [4.69, 9.17) is 9.15 Å². The van der Waals surface area contributed by atoms with Crippen molar-refractivity contribution in [2.75, 3.05) is 19.7 Å². The van der Waals surface area contributed by atoms with Crippen LogP contribution in [-0.2, 0) is 14.8 Å². The summed E-state index contributed by atoms with van der Waals surface area (Å²) in [5.74, 6) is 1.00. The molecule has 2 aliphatic heterocycles. The Bertz CT molecular complexity index is 658. The highest BCUT2D eigenvalue weighted by Crippen LogP contribution is 2.36. The fourth-order valence-electron chi connectivity index (χ4n) is 2.39. The molecule has 0 saturated carbocycles. The molecule has 3 rings (SSSR count). The summed E-state index contributed by atoms with van der Waals surface area (Å²) in [6.45, 7) is 6.16. The molecule has 0 N–H and O–H groups in total. The van der Waals surface area contributed by atoms with Gasteiger partial charge in [0.1, 0.15) is 22.5 Å². The fourth-order valence-corrected chi connectivity index (χ4v) is 4.03. The number of rotatable bonds is 3. The molecule has 8 heteroatoms. The van der Waals surface area contributed by atoms with Gasteiger partial charge in [-0.15, -0.1) is 0 Å². The second kappa shape index (κ2) is 4.37. The predicted octanol–water partition coefficient (Wildman–Crippen LogP) is 1.47. The standard InChI is InChI=1S/C12H17N3O4S/c1-8-6-10(9(2)19-8)20(16,17)15-4-5-18-11(7-15)12(3)13-14-12/h6,11H,4-5,7H2,1-3H3. The van der Waals surface area contributed by atoms with E-state index in [0.717, 1.165) is 0 Å². The molecule has 1 unspecified atom stereocenters. The molecule has 0 radical (unpaired) electrons. The molecule has 0 bridgehead atoms. The predicted molar refractivity (Wildman–Crippen MR) is 69.9 cm³/mol. The molecule has 1 atom stereocenters. The van der Waals surface area contributed by atoms with Crippen LogP contribution in [0.1, 0.15) is 18.4 Å². The van der Waals surface area contributed by atoms with E-state index in [1.54, 1.807) is 19.9 Å². The first-order valence-electron chi connectivity index (χ1n) is 6.46. The highest BCUT2D eigenvalue weighted by atomic mass is 32.2. The number of hydrogen-bond acceptors (Lipinski definition) is 6. The van der Waals surface area contributed by atoms with Gasteiger partial charge < -0.3 is 9.15 Å². The van der Waals surface area contributed by atoms with E-state index in [1.165, 1.54) is 4.31 Å².